The zero-order valence-corrected chi connectivity index (χ0v) is 19.8. The van der Waals surface area contributed by atoms with Gasteiger partial charge in [-0.15, -0.1) is 0 Å². The van der Waals surface area contributed by atoms with Crippen LogP contribution in [0.15, 0.2) is 52.3 Å². The average molecular weight is 512 g/mol. The molecular formula is C21H18ClNO8S2. The van der Waals surface area contributed by atoms with Crippen LogP contribution in [0.4, 0.5) is 4.79 Å². The molecule has 33 heavy (non-hydrogen) atoms. The smallest absolute Gasteiger partial charge is 0.339 e. The zero-order valence-electron chi connectivity index (χ0n) is 17.4. The van der Waals surface area contributed by atoms with Crippen LogP contribution in [0, 0.1) is 0 Å². The number of amides is 2. The quantitative estimate of drug-likeness (QED) is 0.297. The van der Waals surface area contributed by atoms with E-state index in [0.717, 1.165) is 4.90 Å². The van der Waals surface area contributed by atoms with E-state index in [-0.39, 0.29) is 33.5 Å². The van der Waals surface area contributed by atoms with Crippen LogP contribution >= 0.6 is 23.4 Å². The Labute approximate surface area is 199 Å². The molecule has 9 nitrogen and oxygen atoms in total. The van der Waals surface area contributed by atoms with Gasteiger partial charge in [-0.1, -0.05) is 23.7 Å². The molecule has 0 aromatic heterocycles. The van der Waals surface area contributed by atoms with Gasteiger partial charge in [-0.25, -0.2) is 0 Å². The molecule has 1 saturated heterocycles. The fourth-order valence-electron chi connectivity index (χ4n) is 2.77. The normalized spacial score (nSPS) is 15.1. The summed E-state index contributed by atoms with van der Waals surface area (Å²) in [7, 11) is -2.95. The van der Waals surface area contributed by atoms with Gasteiger partial charge in [0.15, 0.2) is 11.5 Å². The van der Waals surface area contributed by atoms with Gasteiger partial charge in [0.05, 0.1) is 18.6 Å². The molecule has 1 heterocycles. The molecule has 1 aliphatic rings. The summed E-state index contributed by atoms with van der Waals surface area (Å²) < 4.78 is 40.9. The molecule has 0 unspecified atom stereocenters. The Hall–Kier alpha value is -3.02. The largest absolute Gasteiger partial charge is 0.493 e. The predicted octanol–water partition coefficient (Wildman–Crippen LogP) is 3.72. The van der Waals surface area contributed by atoms with E-state index >= 15 is 0 Å². The minimum Gasteiger partial charge on any atom is -0.493 e. The first-order chi connectivity index (χ1) is 15.7. The molecule has 0 atom stereocenters. The highest BCUT2D eigenvalue weighted by molar-refractivity contribution is 8.18. The Kier molecular flexibility index (Phi) is 7.67. The van der Waals surface area contributed by atoms with Crippen molar-refractivity contribution in [2.45, 2.75) is 11.8 Å². The number of ether oxygens (including phenoxy) is 2. The van der Waals surface area contributed by atoms with E-state index in [9.17, 15) is 22.8 Å². The van der Waals surface area contributed by atoms with Gasteiger partial charge in [-0.3, -0.25) is 19.3 Å². The van der Waals surface area contributed by atoms with Crippen LogP contribution in [-0.2, 0) is 24.4 Å². The minimum atomic E-state index is -4.27. The summed E-state index contributed by atoms with van der Waals surface area (Å²) in [4.78, 5) is 37.2. The highest BCUT2D eigenvalue weighted by Gasteiger charge is 2.37. The Bertz CT molecular complexity index is 1230. The van der Waals surface area contributed by atoms with Gasteiger partial charge in [-0.2, -0.15) is 8.42 Å². The minimum absolute atomic E-state index is 0.0220. The third kappa shape index (κ3) is 5.67. The molecule has 0 bridgehead atoms. The lowest BCUT2D eigenvalue weighted by Crippen LogP contribution is -2.34. The van der Waals surface area contributed by atoms with Crippen LogP contribution in [-0.4, -0.2) is 50.7 Å². The van der Waals surface area contributed by atoms with Gasteiger partial charge in [0, 0.05) is 10.6 Å². The first kappa shape index (κ1) is 24.6. The fraction of sp³-hybridized carbons (Fsp3) is 0.190. The van der Waals surface area contributed by atoms with Crippen molar-refractivity contribution >= 4 is 56.7 Å². The standard InChI is InChI=1S/C21H18ClNO8S2/c1-3-30-18(24)12-23-20(25)17(32-21(23)26)11-13-5-4-6-16(29-2)19(13)31-33(27,28)15-9-7-14(22)8-10-15/h4-11H,3,12H2,1-2H3/b17-11-. The van der Waals surface area contributed by atoms with Crippen molar-refractivity contribution in [3.05, 3.63) is 58.0 Å². The predicted molar refractivity (Wildman–Crippen MR) is 122 cm³/mol. The summed E-state index contributed by atoms with van der Waals surface area (Å²) in [5.41, 5.74) is 0.175. The molecule has 174 valence electrons. The summed E-state index contributed by atoms with van der Waals surface area (Å²) in [6.45, 7) is 1.19. The zero-order chi connectivity index (χ0) is 24.2. The number of imide groups is 1. The fourth-order valence-corrected chi connectivity index (χ4v) is 4.69. The van der Waals surface area contributed by atoms with Crippen LogP contribution in [0.5, 0.6) is 11.5 Å². The summed E-state index contributed by atoms with van der Waals surface area (Å²) in [6, 6.07) is 9.92. The van der Waals surface area contributed by atoms with E-state index in [1.54, 1.807) is 13.0 Å². The van der Waals surface area contributed by atoms with Crippen molar-refractivity contribution in [3.8, 4) is 11.5 Å². The summed E-state index contributed by atoms with van der Waals surface area (Å²) in [6.07, 6.45) is 1.30. The first-order valence-electron chi connectivity index (χ1n) is 9.44. The second kappa shape index (κ2) is 10.3. The summed E-state index contributed by atoms with van der Waals surface area (Å²) in [5.74, 6) is -1.52. The van der Waals surface area contributed by atoms with Crippen LogP contribution in [0.25, 0.3) is 6.08 Å². The van der Waals surface area contributed by atoms with Gasteiger partial charge in [-0.05, 0) is 55.1 Å². The molecule has 0 spiro atoms. The van der Waals surface area contributed by atoms with E-state index in [0.29, 0.717) is 16.8 Å². The van der Waals surface area contributed by atoms with Gasteiger partial charge in [0.2, 0.25) is 0 Å². The molecule has 2 aromatic rings. The molecule has 2 amide bonds. The maximum absolute atomic E-state index is 12.8. The maximum atomic E-state index is 12.8. The number of hydrogen-bond acceptors (Lipinski definition) is 9. The Morgan fingerprint density at radius 2 is 1.85 bits per heavy atom. The van der Waals surface area contributed by atoms with E-state index in [1.807, 2.05) is 0 Å². The van der Waals surface area contributed by atoms with Gasteiger partial charge < -0.3 is 13.7 Å². The lowest BCUT2D eigenvalue weighted by molar-refractivity contribution is -0.145. The van der Waals surface area contributed by atoms with E-state index < -0.39 is 33.8 Å². The molecule has 0 radical (unpaired) electrons. The van der Waals surface area contributed by atoms with Crippen molar-refractivity contribution in [3.63, 3.8) is 0 Å². The van der Waals surface area contributed by atoms with E-state index in [1.165, 1.54) is 49.6 Å². The number of carbonyl (C=O) groups excluding carboxylic acids is 3. The molecule has 1 aliphatic heterocycles. The maximum Gasteiger partial charge on any atom is 0.339 e. The lowest BCUT2D eigenvalue weighted by Gasteiger charge is -2.14. The molecule has 2 aromatic carbocycles. The van der Waals surface area contributed by atoms with Gasteiger partial charge >= 0.3 is 16.1 Å². The third-order valence-corrected chi connectivity index (χ3v) is 6.67. The molecule has 12 heteroatoms. The number of methoxy groups -OCH3 is 1. The first-order valence-corrected chi connectivity index (χ1v) is 12.0. The van der Waals surface area contributed by atoms with Crippen molar-refractivity contribution in [1.82, 2.24) is 4.90 Å². The van der Waals surface area contributed by atoms with Gasteiger partial charge in [0.25, 0.3) is 11.1 Å². The highest BCUT2D eigenvalue weighted by atomic mass is 35.5. The van der Waals surface area contributed by atoms with Crippen LogP contribution < -0.4 is 8.92 Å². The van der Waals surface area contributed by atoms with Gasteiger partial charge in [0.1, 0.15) is 11.4 Å². The molecule has 1 fully saturated rings. The number of halogens is 1. The van der Waals surface area contributed by atoms with E-state index in [4.69, 9.17) is 25.3 Å². The average Bonchev–Trinajstić information content (AvgIpc) is 3.02. The summed E-state index contributed by atoms with van der Waals surface area (Å²) in [5, 5.41) is -0.302. The number of para-hydroxylation sites is 1. The monoisotopic (exact) mass is 511 g/mol. The molecule has 0 saturated carbocycles. The Morgan fingerprint density at radius 3 is 2.48 bits per heavy atom. The van der Waals surface area contributed by atoms with Crippen LogP contribution in [0.3, 0.4) is 0 Å². The van der Waals surface area contributed by atoms with Crippen molar-refractivity contribution in [2.75, 3.05) is 20.3 Å². The number of benzene rings is 2. The van der Waals surface area contributed by atoms with Crippen molar-refractivity contribution in [2.24, 2.45) is 0 Å². The lowest BCUT2D eigenvalue weighted by atomic mass is 10.1. The van der Waals surface area contributed by atoms with Crippen molar-refractivity contribution in [1.29, 1.82) is 0 Å². The van der Waals surface area contributed by atoms with Crippen molar-refractivity contribution < 1.29 is 36.5 Å². The number of hydrogen-bond donors (Lipinski definition) is 0. The Morgan fingerprint density at radius 1 is 1.15 bits per heavy atom. The number of carbonyl (C=O) groups is 3. The number of nitrogens with zero attached hydrogens (tertiary/aromatic N) is 1. The SMILES string of the molecule is CCOC(=O)CN1C(=O)S/C(=C\c2cccc(OC)c2OS(=O)(=O)c2ccc(Cl)cc2)C1=O. The molecule has 0 aliphatic carbocycles. The second-order valence-corrected chi connectivity index (χ2v) is 9.42. The second-order valence-electron chi connectivity index (χ2n) is 6.44. The Balaban J connectivity index is 1.96. The van der Waals surface area contributed by atoms with Crippen LogP contribution in [0.1, 0.15) is 12.5 Å². The van der Waals surface area contributed by atoms with Crippen LogP contribution in [0.2, 0.25) is 5.02 Å². The number of thioether (sulfide) groups is 1. The number of esters is 1. The number of rotatable bonds is 8. The summed E-state index contributed by atoms with van der Waals surface area (Å²) >= 11 is 6.42. The topological polar surface area (TPSA) is 116 Å². The van der Waals surface area contributed by atoms with E-state index in [2.05, 4.69) is 0 Å². The molecular weight excluding hydrogens is 494 g/mol. The molecule has 3 rings (SSSR count). The highest BCUT2D eigenvalue weighted by Crippen LogP contribution is 2.38. The third-order valence-electron chi connectivity index (χ3n) is 4.28. The molecule has 0 N–H and O–H groups in total.